The average molecular weight is 371 g/mol. The molecule has 2 saturated heterocycles. The van der Waals surface area contributed by atoms with Crippen LogP contribution in [0.4, 0.5) is 4.39 Å². The van der Waals surface area contributed by atoms with Crippen molar-refractivity contribution >= 4 is 17.5 Å². The van der Waals surface area contributed by atoms with Gasteiger partial charge in [0, 0.05) is 25.6 Å². The molecule has 1 aromatic carbocycles. The fourth-order valence-corrected chi connectivity index (χ4v) is 3.76. The van der Waals surface area contributed by atoms with Crippen LogP contribution in [0.15, 0.2) is 18.2 Å². The van der Waals surface area contributed by atoms with Crippen LogP contribution in [-0.4, -0.2) is 67.7 Å². The molecule has 25 heavy (non-hydrogen) atoms. The smallest absolute Gasteiger partial charge is 0.236 e. The Morgan fingerprint density at radius 2 is 2.32 bits per heavy atom. The second-order valence-electron chi connectivity index (χ2n) is 7.17. The van der Waals surface area contributed by atoms with Crippen LogP contribution in [0.3, 0.4) is 0 Å². The first-order chi connectivity index (χ1) is 11.9. The summed E-state index contributed by atoms with van der Waals surface area (Å²) in [4.78, 5) is 16.1. The predicted octanol–water partition coefficient (Wildman–Crippen LogP) is 2.57. The van der Waals surface area contributed by atoms with Gasteiger partial charge in [-0.3, -0.25) is 4.79 Å². The van der Waals surface area contributed by atoms with E-state index in [9.17, 15) is 9.18 Å². The fraction of sp³-hybridized carbons (Fsp3) is 0.611. The van der Waals surface area contributed by atoms with E-state index in [1.54, 1.807) is 6.07 Å². The second-order valence-corrected chi connectivity index (χ2v) is 7.58. The molecule has 1 amide bonds. The molecule has 1 aromatic rings. The van der Waals surface area contributed by atoms with Crippen LogP contribution >= 0.6 is 11.6 Å². The number of rotatable bonds is 4. The molecule has 3 rings (SSSR count). The number of likely N-dealkylation sites (tertiary alicyclic amines) is 1. The lowest BCUT2D eigenvalue weighted by molar-refractivity contribution is -0.139. The highest BCUT2D eigenvalue weighted by atomic mass is 35.5. The summed E-state index contributed by atoms with van der Waals surface area (Å²) < 4.78 is 25.2. The van der Waals surface area contributed by atoms with Gasteiger partial charge in [-0.1, -0.05) is 11.6 Å². The first kappa shape index (κ1) is 18.4. The monoisotopic (exact) mass is 370 g/mol. The molecule has 0 bridgehead atoms. The molecule has 2 aliphatic rings. The van der Waals surface area contributed by atoms with Crippen LogP contribution in [0.2, 0.25) is 5.02 Å². The SMILES string of the molecule is CN(C)CC(=O)N1CCC[C@@]2(C[C@@H](Oc3ccc(F)c(Cl)c3)CO2)C1. The molecule has 2 aliphatic heterocycles. The van der Waals surface area contributed by atoms with Gasteiger partial charge in [-0.25, -0.2) is 4.39 Å². The van der Waals surface area contributed by atoms with E-state index in [-0.39, 0.29) is 22.6 Å². The molecule has 0 saturated carbocycles. The van der Waals surface area contributed by atoms with Crippen molar-refractivity contribution in [1.29, 1.82) is 0 Å². The van der Waals surface area contributed by atoms with Crippen molar-refractivity contribution in [2.75, 3.05) is 40.3 Å². The van der Waals surface area contributed by atoms with E-state index in [4.69, 9.17) is 21.1 Å². The van der Waals surface area contributed by atoms with Crippen LogP contribution in [0.25, 0.3) is 0 Å². The lowest BCUT2D eigenvalue weighted by Crippen LogP contribution is -2.52. The van der Waals surface area contributed by atoms with Crippen molar-refractivity contribution in [1.82, 2.24) is 9.80 Å². The van der Waals surface area contributed by atoms with E-state index in [1.165, 1.54) is 12.1 Å². The summed E-state index contributed by atoms with van der Waals surface area (Å²) in [6, 6.07) is 4.35. The third kappa shape index (κ3) is 4.43. The molecule has 7 heteroatoms. The minimum Gasteiger partial charge on any atom is -0.488 e. The van der Waals surface area contributed by atoms with Crippen LogP contribution < -0.4 is 4.74 Å². The van der Waals surface area contributed by atoms with Crippen LogP contribution in [-0.2, 0) is 9.53 Å². The summed E-state index contributed by atoms with van der Waals surface area (Å²) in [6.07, 6.45) is 2.44. The Morgan fingerprint density at radius 1 is 1.52 bits per heavy atom. The zero-order chi connectivity index (χ0) is 18.0. The largest absolute Gasteiger partial charge is 0.488 e. The minimum atomic E-state index is -0.463. The zero-order valence-corrected chi connectivity index (χ0v) is 15.4. The van der Waals surface area contributed by atoms with Gasteiger partial charge in [-0.15, -0.1) is 0 Å². The number of hydrogen-bond acceptors (Lipinski definition) is 4. The van der Waals surface area contributed by atoms with Crippen molar-refractivity contribution in [2.24, 2.45) is 0 Å². The lowest BCUT2D eigenvalue weighted by atomic mass is 9.89. The predicted molar refractivity (Wildman–Crippen MR) is 93.5 cm³/mol. The summed E-state index contributed by atoms with van der Waals surface area (Å²) >= 11 is 5.80. The molecule has 1 spiro atoms. The molecule has 0 aliphatic carbocycles. The topological polar surface area (TPSA) is 42.0 Å². The molecular formula is C18H24ClFN2O3. The molecule has 2 heterocycles. The Labute approximate surface area is 152 Å². The standard InChI is InChI=1S/C18H24ClFN2O3/c1-21(2)10-17(23)22-7-3-6-18(12-22)9-14(11-24-18)25-13-4-5-16(20)15(19)8-13/h4-5,8,14H,3,6-7,9-12H2,1-2H3/t14-,18-/m1/s1. The molecule has 0 N–H and O–H groups in total. The Morgan fingerprint density at radius 3 is 3.04 bits per heavy atom. The summed E-state index contributed by atoms with van der Waals surface area (Å²) in [5.41, 5.74) is -0.339. The Kier molecular flexibility index (Phi) is 5.51. The number of carbonyl (C=O) groups is 1. The highest BCUT2D eigenvalue weighted by Crippen LogP contribution is 2.36. The van der Waals surface area contributed by atoms with E-state index < -0.39 is 5.82 Å². The summed E-state index contributed by atoms with van der Waals surface area (Å²) in [7, 11) is 3.78. The number of hydrogen-bond donors (Lipinski definition) is 0. The Bertz CT molecular complexity index is 643. The Hall–Kier alpha value is -1.37. The normalized spacial score (nSPS) is 26.4. The van der Waals surface area contributed by atoms with Gasteiger partial charge in [-0.2, -0.15) is 0 Å². The van der Waals surface area contributed by atoms with Gasteiger partial charge >= 0.3 is 0 Å². The van der Waals surface area contributed by atoms with E-state index in [0.29, 0.717) is 31.9 Å². The molecule has 0 radical (unpaired) electrons. The molecule has 0 aromatic heterocycles. The number of benzene rings is 1. The quantitative estimate of drug-likeness (QED) is 0.817. The number of likely N-dealkylation sites (N-methyl/N-ethyl adjacent to an activating group) is 1. The van der Waals surface area contributed by atoms with Crippen LogP contribution in [0.5, 0.6) is 5.75 Å². The number of ether oxygens (including phenoxy) is 2. The van der Waals surface area contributed by atoms with Gasteiger partial charge in [0.1, 0.15) is 17.7 Å². The maximum absolute atomic E-state index is 13.3. The van der Waals surface area contributed by atoms with Gasteiger partial charge in [-0.05, 0) is 39.1 Å². The maximum Gasteiger partial charge on any atom is 0.236 e. The van der Waals surface area contributed by atoms with Gasteiger partial charge in [0.15, 0.2) is 0 Å². The first-order valence-electron chi connectivity index (χ1n) is 8.55. The van der Waals surface area contributed by atoms with E-state index in [2.05, 4.69) is 0 Å². The van der Waals surface area contributed by atoms with Crippen molar-refractivity contribution < 1.29 is 18.7 Å². The maximum atomic E-state index is 13.3. The molecular weight excluding hydrogens is 347 g/mol. The van der Waals surface area contributed by atoms with Crippen molar-refractivity contribution in [3.63, 3.8) is 0 Å². The number of nitrogens with zero attached hydrogens (tertiary/aromatic N) is 2. The van der Waals surface area contributed by atoms with Gasteiger partial charge in [0.05, 0.1) is 23.8 Å². The number of halogens is 2. The average Bonchev–Trinajstić information content (AvgIpc) is 2.92. The minimum absolute atomic E-state index is 0.0456. The number of amides is 1. The molecule has 5 nitrogen and oxygen atoms in total. The van der Waals surface area contributed by atoms with Crippen LogP contribution in [0.1, 0.15) is 19.3 Å². The summed E-state index contributed by atoms with van der Waals surface area (Å²) in [6.45, 7) is 2.25. The van der Waals surface area contributed by atoms with E-state index >= 15 is 0 Å². The van der Waals surface area contributed by atoms with E-state index in [0.717, 1.165) is 19.4 Å². The second kappa shape index (κ2) is 7.48. The van der Waals surface area contributed by atoms with Gasteiger partial charge in [0.2, 0.25) is 5.91 Å². The van der Waals surface area contributed by atoms with Crippen molar-refractivity contribution in [3.05, 3.63) is 29.0 Å². The number of piperidine rings is 1. The fourth-order valence-electron chi connectivity index (χ4n) is 3.59. The van der Waals surface area contributed by atoms with Crippen molar-refractivity contribution in [3.8, 4) is 5.75 Å². The highest BCUT2D eigenvalue weighted by molar-refractivity contribution is 6.30. The van der Waals surface area contributed by atoms with Crippen molar-refractivity contribution in [2.45, 2.75) is 31.0 Å². The molecule has 0 unspecified atom stereocenters. The van der Waals surface area contributed by atoms with Gasteiger partial charge in [0.25, 0.3) is 0 Å². The Balaban J connectivity index is 1.60. The van der Waals surface area contributed by atoms with E-state index in [1.807, 2.05) is 23.9 Å². The lowest BCUT2D eigenvalue weighted by Gasteiger charge is -2.40. The van der Waals surface area contributed by atoms with Crippen LogP contribution in [0, 0.1) is 5.82 Å². The molecule has 2 atom stereocenters. The third-order valence-corrected chi connectivity index (χ3v) is 5.00. The zero-order valence-electron chi connectivity index (χ0n) is 14.6. The molecule has 2 fully saturated rings. The molecule has 138 valence electrons. The number of carbonyl (C=O) groups excluding carboxylic acids is 1. The third-order valence-electron chi connectivity index (χ3n) is 4.71. The highest BCUT2D eigenvalue weighted by Gasteiger charge is 2.45. The summed E-state index contributed by atoms with van der Waals surface area (Å²) in [5.74, 6) is 0.200. The van der Waals surface area contributed by atoms with Gasteiger partial charge < -0.3 is 19.3 Å². The first-order valence-corrected chi connectivity index (χ1v) is 8.93. The summed E-state index contributed by atoms with van der Waals surface area (Å²) in [5, 5.41) is 0.0456.